The quantitative estimate of drug-likeness (QED) is 0.560. The smallest absolute Gasteiger partial charge is 0.264 e. The number of sulfonamides is 2. The van der Waals surface area contributed by atoms with Crippen molar-refractivity contribution in [3.63, 3.8) is 0 Å². The molecule has 0 saturated carbocycles. The molecule has 0 radical (unpaired) electrons. The van der Waals surface area contributed by atoms with E-state index >= 15 is 0 Å². The van der Waals surface area contributed by atoms with Gasteiger partial charge in [-0.1, -0.05) is 23.8 Å². The fourth-order valence-electron chi connectivity index (χ4n) is 4.15. The highest BCUT2D eigenvalue weighted by molar-refractivity contribution is 7.93. The topological polar surface area (TPSA) is 83.6 Å². The van der Waals surface area contributed by atoms with Crippen molar-refractivity contribution in [2.45, 2.75) is 50.3 Å². The molecule has 0 aromatic heterocycles. The fraction of sp³-hybridized carbons (Fsp3) is 0.280. The van der Waals surface area contributed by atoms with Crippen LogP contribution in [-0.2, 0) is 26.5 Å². The summed E-state index contributed by atoms with van der Waals surface area (Å²) in [4.78, 5) is 0.489. The molecule has 1 aliphatic heterocycles. The van der Waals surface area contributed by atoms with Gasteiger partial charge >= 0.3 is 0 Å². The minimum Gasteiger partial charge on any atom is -0.280 e. The summed E-state index contributed by atoms with van der Waals surface area (Å²) >= 11 is 0. The molecule has 1 N–H and O–H groups in total. The summed E-state index contributed by atoms with van der Waals surface area (Å²) in [5.74, 6) is 0. The molecule has 3 aromatic carbocycles. The van der Waals surface area contributed by atoms with Crippen LogP contribution in [0.1, 0.15) is 34.2 Å². The highest BCUT2D eigenvalue weighted by Crippen LogP contribution is 2.34. The minimum absolute atomic E-state index is 0.242. The van der Waals surface area contributed by atoms with Crippen molar-refractivity contribution in [2.75, 3.05) is 15.6 Å². The lowest BCUT2D eigenvalue weighted by Crippen LogP contribution is -2.35. The zero-order valence-electron chi connectivity index (χ0n) is 19.2. The van der Waals surface area contributed by atoms with Crippen molar-refractivity contribution in [1.29, 1.82) is 0 Å². The standard InChI is InChI=1S/C25H28N2O4S2/c1-17-7-10-23(11-8-17)33(30,31)27-13-5-6-21-16-22(9-12-24(21)27)26-32(28,29)25-15-19(3)18(2)14-20(25)4/h7-12,14-16,26H,5-6,13H2,1-4H3. The number of anilines is 2. The molecule has 8 heteroatoms. The van der Waals surface area contributed by atoms with Gasteiger partial charge in [-0.05, 0) is 99.2 Å². The van der Waals surface area contributed by atoms with Gasteiger partial charge in [0, 0.05) is 12.2 Å². The predicted octanol–water partition coefficient (Wildman–Crippen LogP) is 4.86. The summed E-state index contributed by atoms with van der Waals surface area (Å²) in [5.41, 5.74) is 5.42. The van der Waals surface area contributed by atoms with Gasteiger partial charge in [-0.3, -0.25) is 9.03 Å². The SMILES string of the molecule is Cc1ccc(S(=O)(=O)N2CCCc3cc(NS(=O)(=O)c4cc(C)c(C)cc4C)ccc32)cc1. The molecule has 0 bridgehead atoms. The van der Waals surface area contributed by atoms with Crippen LogP contribution in [-0.4, -0.2) is 23.4 Å². The monoisotopic (exact) mass is 484 g/mol. The Balaban J connectivity index is 1.66. The first-order chi connectivity index (χ1) is 15.5. The second-order valence-corrected chi connectivity index (χ2v) is 12.2. The average Bonchev–Trinajstić information content (AvgIpc) is 2.75. The Morgan fingerprint density at radius 1 is 0.788 bits per heavy atom. The van der Waals surface area contributed by atoms with Crippen LogP contribution in [0.4, 0.5) is 11.4 Å². The van der Waals surface area contributed by atoms with E-state index in [1.54, 1.807) is 55.5 Å². The van der Waals surface area contributed by atoms with E-state index < -0.39 is 20.0 Å². The van der Waals surface area contributed by atoms with Gasteiger partial charge in [0.1, 0.15) is 0 Å². The first-order valence-electron chi connectivity index (χ1n) is 10.8. The number of hydrogen-bond donors (Lipinski definition) is 1. The summed E-state index contributed by atoms with van der Waals surface area (Å²) in [6, 6.07) is 15.4. The van der Waals surface area contributed by atoms with E-state index in [4.69, 9.17) is 0 Å². The van der Waals surface area contributed by atoms with Gasteiger partial charge < -0.3 is 0 Å². The first kappa shape index (κ1) is 23.3. The number of nitrogens with one attached hydrogen (secondary N) is 1. The van der Waals surface area contributed by atoms with Crippen molar-refractivity contribution < 1.29 is 16.8 Å². The van der Waals surface area contributed by atoms with E-state index in [9.17, 15) is 16.8 Å². The molecule has 1 aliphatic rings. The zero-order valence-corrected chi connectivity index (χ0v) is 20.8. The van der Waals surface area contributed by atoms with Crippen molar-refractivity contribution in [1.82, 2.24) is 0 Å². The van der Waals surface area contributed by atoms with Crippen LogP contribution in [0, 0.1) is 27.7 Å². The van der Waals surface area contributed by atoms with Gasteiger partial charge in [0.05, 0.1) is 15.5 Å². The number of rotatable bonds is 5. The maximum atomic E-state index is 13.3. The lowest BCUT2D eigenvalue weighted by atomic mass is 10.0. The van der Waals surface area contributed by atoms with E-state index in [1.165, 1.54) is 4.31 Å². The number of nitrogens with zero attached hydrogens (tertiary/aromatic N) is 1. The van der Waals surface area contributed by atoms with Crippen molar-refractivity contribution >= 4 is 31.4 Å². The van der Waals surface area contributed by atoms with Crippen LogP contribution in [0.2, 0.25) is 0 Å². The molecule has 0 aliphatic carbocycles. The number of aryl methyl sites for hydroxylation is 5. The molecule has 0 fully saturated rings. The second-order valence-electron chi connectivity index (χ2n) is 8.64. The van der Waals surface area contributed by atoms with Gasteiger partial charge in [-0.25, -0.2) is 16.8 Å². The third-order valence-electron chi connectivity index (χ3n) is 6.10. The average molecular weight is 485 g/mol. The molecular weight excluding hydrogens is 456 g/mol. The molecule has 174 valence electrons. The number of fused-ring (bicyclic) bond motifs is 1. The molecule has 0 saturated heterocycles. The van der Waals surface area contributed by atoms with E-state index in [1.807, 2.05) is 26.8 Å². The number of hydrogen-bond acceptors (Lipinski definition) is 4. The third-order valence-corrected chi connectivity index (χ3v) is 9.45. The predicted molar refractivity (Wildman–Crippen MR) is 132 cm³/mol. The summed E-state index contributed by atoms with van der Waals surface area (Å²) in [6.07, 6.45) is 1.33. The van der Waals surface area contributed by atoms with Gasteiger partial charge in [0.15, 0.2) is 0 Å². The van der Waals surface area contributed by atoms with Crippen LogP contribution >= 0.6 is 0 Å². The van der Waals surface area contributed by atoms with Gasteiger partial charge in [0.25, 0.3) is 20.0 Å². The van der Waals surface area contributed by atoms with Crippen molar-refractivity contribution in [2.24, 2.45) is 0 Å². The van der Waals surface area contributed by atoms with Crippen LogP contribution in [0.5, 0.6) is 0 Å². The molecule has 4 rings (SSSR count). The van der Waals surface area contributed by atoms with Gasteiger partial charge in [-0.15, -0.1) is 0 Å². The van der Waals surface area contributed by atoms with Crippen LogP contribution < -0.4 is 9.03 Å². The summed E-state index contributed by atoms with van der Waals surface area (Å²) in [6.45, 7) is 7.91. The van der Waals surface area contributed by atoms with Crippen LogP contribution in [0.3, 0.4) is 0 Å². The summed E-state index contributed by atoms with van der Waals surface area (Å²) in [7, 11) is -7.48. The molecule has 0 unspecified atom stereocenters. The molecule has 33 heavy (non-hydrogen) atoms. The van der Waals surface area contributed by atoms with Crippen molar-refractivity contribution in [3.8, 4) is 0 Å². The minimum atomic E-state index is -3.78. The molecular formula is C25H28N2O4S2. The maximum Gasteiger partial charge on any atom is 0.264 e. The van der Waals surface area contributed by atoms with Crippen molar-refractivity contribution in [3.05, 3.63) is 82.4 Å². The number of benzene rings is 3. The van der Waals surface area contributed by atoms with Crippen LogP contribution in [0.15, 0.2) is 64.4 Å². The molecule has 0 spiro atoms. The highest BCUT2D eigenvalue weighted by Gasteiger charge is 2.29. The third kappa shape index (κ3) is 4.50. The Morgan fingerprint density at radius 2 is 1.45 bits per heavy atom. The molecule has 1 heterocycles. The lowest BCUT2D eigenvalue weighted by Gasteiger charge is -2.31. The maximum absolute atomic E-state index is 13.3. The largest absolute Gasteiger partial charge is 0.280 e. The Bertz CT molecular complexity index is 1430. The summed E-state index contributed by atoms with van der Waals surface area (Å²) < 4.78 is 56.8. The zero-order chi connectivity index (χ0) is 24.0. The van der Waals surface area contributed by atoms with E-state index in [0.29, 0.717) is 36.3 Å². The highest BCUT2D eigenvalue weighted by atomic mass is 32.2. The van der Waals surface area contributed by atoms with E-state index in [-0.39, 0.29) is 9.79 Å². The summed E-state index contributed by atoms with van der Waals surface area (Å²) in [5, 5.41) is 0. The fourth-order valence-corrected chi connectivity index (χ4v) is 7.05. The Morgan fingerprint density at radius 3 is 2.15 bits per heavy atom. The molecule has 6 nitrogen and oxygen atoms in total. The Labute approximate surface area is 196 Å². The Hall–Kier alpha value is -2.84. The Kier molecular flexibility index (Phi) is 6.01. The van der Waals surface area contributed by atoms with Crippen LogP contribution in [0.25, 0.3) is 0 Å². The lowest BCUT2D eigenvalue weighted by molar-refractivity contribution is 0.586. The molecule has 0 amide bonds. The second kappa shape index (κ2) is 8.50. The first-order valence-corrected chi connectivity index (χ1v) is 13.7. The van der Waals surface area contributed by atoms with Gasteiger partial charge in [-0.2, -0.15) is 0 Å². The molecule has 0 atom stereocenters. The van der Waals surface area contributed by atoms with E-state index in [2.05, 4.69) is 4.72 Å². The van der Waals surface area contributed by atoms with Gasteiger partial charge in [0.2, 0.25) is 0 Å². The van der Waals surface area contributed by atoms with E-state index in [0.717, 1.165) is 22.3 Å². The normalized spacial score (nSPS) is 14.1. The molecule has 3 aromatic rings.